The molecule has 0 radical (unpaired) electrons. The average Bonchev–Trinajstić information content (AvgIpc) is 2.33. The summed E-state index contributed by atoms with van der Waals surface area (Å²) in [6.07, 6.45) is 1.51. The summed E-state index contributed by atoms with van der Waals surface area (Å²) in [5, 5.41) is 2.84. The highest BCUT2D eigenvalue weighted by Crippen LogP contribution is 2.12. The van der Waals surface area contributed by atoms with Gasteiger partial charge in [-0.1, -0.05) is 28.1 Å². The van der Waals surface area contributed by atoms with Crippen LogP contribution in [-0.2, 0) is 16.0 Å². The van der Waals surface area contributed by atoms with E-state index in [4.69, 9.17) is 4.74 Å². The monoisotopic (exact) mass is 299 g/mol. The average molecular weight is 300 g/mol. The molecule has 0 unspecified atom stereocenters. The van der Waals surface area contributed by atoms with Gasteiger partial charge in [-0.3, -0.25) is 4.79 Å². The predicted octanol–water partition coefficient (Wildman–Crippen LogP) is 2.53. The zero-order valence-corrected chi connectivity index (χ0v) is 11.8. The number of amides is 1. The van der Waals surface area contributed by atoms with Gasteiger partial charge in [0, 0.05) is 18.1 Å². The van der Waals surface area contributed by atoms with Crippen molar-refractivity contribution in [2.45, 2.75) is 25.9 Å². The molecule has 0 aliphatic rings. The van der Waals surface area contributed by atoms with Crippen LogP contribution in [-0.4, -0.2) is 25.7 Å². The number of hydrogen-bond acceptors (Lipinski definition) is 2. The molecule has 1 atom stereocenters. The summed E-state index contributed by atoms with van der Waals surface area (Å²) in [6, 6.07) is 8.21. The van der Waals surface area contributed by atoms with Crippen LogP contribution in [0.15, 0.2) is 28.7 Å². The third-order valence-electron chi connectivity index (χ3n) is 2.55. The smallest absolute Gasteiger partial charge is 0.248 e. The van der Waals surface area contributed by atoms with Crippen LogP contribution in [0, 0.1) is 0 Å². The first kappa shape index (κ1) is 14.2. The second-order valence-corrected chi connectivity index (χ2v) is 4.82. The van der Waals surface area contributed by atoms with Gasteiger partial charge in [0.15, 0.2) is 0 Å². The van der Waals surface area contributed by atoms with Crippen LogP contribution in [0.3, 0.4) is 0 Å². The molecule has 0 saturated carbocycles. The third-order valence-corrected chi connectivity index (χ3v) is 3.05. The fourth-order valence-corrected chi connectivity index (χ4v) is 1.89. The zero-order chi connectivity index (χ0) is 12.7. The lowest BCUT2D eigenvalue weighted by Crippen LogP contribution is -2.34. The van der Waals surface area contributed by atoms with E-state index in [9.17, 15) is 4.79 Å². The molecule has 17 heavy (non-hydrogen) atoms. The van der Waals surface area contributed by atoms with Crippen molar-refractivity contribution in [1.82, 2.24) is 5.32 Å². The molecule has 3 nitrogen and oxygen atoms in total. The van der Waals surface area contributed by atoms with Gasteiger partial charge in [-0.15, -0.1) is 0 Å². The maximum Gasteiger partial charge on any atom is 0.248 e. The van der Waals surface area contributed by atoms with Gasteiger partial charge >= 0.3 is 0 Å². The van der Waals surface area contributed by atoms with Crippen molar-refractivity contribution < 1.29 is 9.53 Å². The van der Waals surface area contributed by atoms with Gasteiger partial charge in [0.2, 0.25) is 5.91 Å². The number of halogens is 1. The van der Waals surface area contributed by atoms with Gasteiger partial charge in [-0.2, -0.15) is 0 Å². The molecule has 1 aromatic rings. The Balaban J connectivity index is 2.22. The summed E-state index contributed by atoms with van der Waals surface area (Å²) in [6.45, 7) is 2.42. The van der Waals surface area contributed by atoms with Gasteiger partial charge in [0.25, 0.3) is 0 Å². The van der Waals surface area contributed by atoms with Crippen LogP contribution < -0.4 is 5.32 Å². The van der Waals surface area contributed by atoms with Gasteiger partial charge in [-0.05, 0) is 37.5 Å². The molecule has 1 rings (SSSR count). The fourth-order valence-electron chi connectivity index (χ4n) is 1.45. The van der Waals surface area contributed by atoms with Crippen molar-refractivity contribution in [2.24, 2.45) is 0 Å². The van der Waals surface area contributed by atoms with Crippen molar-refractivity contribution in [3.8, 4) is 0 Å². The van der Waals surface area contributed by atoms with Gasteiger partial charge in [0.05, 0.1) is 0 Å². The highest BCUT2D eigenvalue weighted by molar-refractivity contribution is 9.10. The van der Waals surface area contributed by atoms with E-state index in [2.05, 4.69) is 33.4 Å². The van der Waals surface area contributed by atoms with E-state index in [1.54, 1.807) is 6.92 Å². The molecule has 0 aliphatic heterocycles. The van der Waals surface area contributed by atoms with Crippen LogP contribution in [0.25, 0.3) is 0 Å². The van der Waals surface area contributed by atoms with E-state index in [1.165, 1.54) is 12.7 Å². The minimum atomic E-state index is -0.374. The lowest BCUT2D eigenvalue weighted by atomic mass is 10.1. The minimum Gasteiger partial charge on any atom is -0.372 e. The molecule has 0 spiro atoms. The number of aryl methyl sites for hydroxylation is 1. The standard InChI is InChI=1S/C13H18BrNO2/c1-10(17-2)13(16)15-8-4-6-11-5-3-7-12(14)9-11/h3,5,7,9-10H,4,6,8H2,1-2H3,(H,15,16)/t10-/m1/s1. The Bertz CT molecular complexity index is 368. The van der Waals surface area contributed by atoms with E-state index in [1.807, 2.05) is 12.1 Å². The van der Waals surface area contributed by atoms with E-state index < -0.39 is 0 Å². The molecule has 1 amide bonds. The zero-order valence-electron chi connectivity index (χ0n) is 10.2. The first-order valence-electron chi connectivity index (χ1n) is 5.68. The van der Waals surface area contributed by atoms with Crippen molar-refractivity contribution in [2.75, 3.05) is 13.7 Å². The largest absolute Gasteiger partial charge is 0.372 e. The number of ether oxygens (including phenoxy) is 1. The molecule has 0 bridgehead atoms. The van der Waals surface area contributed by atoms with Crippen LogP contribution in [0.4, 0.5) is 0 Å². The van der Waals surface area contributed by atoms with Crippen molar-refractivity contribution in [3.05, 3.63) is 34.3 Å². The number of carbonyl (C=O) groups is 1. The molecule has 0 heterocycles. The maximum atomic E-state index is 11.4. The number of rotatable bonds is 6. The SMILES string of the molecule is CO[C@H](C)C(=O)NCCCc1cccc(Br)c1. The van der Waals surface area contributed by atoms with Crippen molar-refractivity contribution in [3.63, 3.8) is 0 Å². The number of methoxy groups -OCH3 is 1. The van der Waals surface area contributed by atoms with E-state index in [-0.39, 0.29) is 12.0 Å². The molecular formula is C13H18BrNO2. The number of carbonyl (C=O) groups excluding carboxylic acids is 1. The second kappa shape index (κ2) is 7.45. The third kappa shape index (κ3) is 5.33. The first-order valence-corrected chi connectivity index (χ1v) is 6.47. The summed E-state index contributed by atoms with van der Waals surface area (Å²) in [4.78, 5) is 11.4. The maximum absolute atomic E-state index is 11.4. The topological polar surface area (TPSA) is 38.3 Å². The summed E-state index contributed by atoms with van der Waals surface area (Å²) >= 11 is 3.44. The van der Waals surface area contributed by atoms with E-state index in [0.29, 0.717) is 6.54 Å². The Morgan fingerprint density at radius 1 is 1.53 bits per heavy atom. The molecule has 1 aromatic carbocycles. The Morgan fingerprint density at radius 2 is 2.29 bits per heavy atom. The Morgan fingerprint density at radius 3 is 2.94 bits per heavy atom. The Hall–Kier alpha value is -0.870. The molecule has 0 aromatic heterocycles. The van der Waals surface area contributed by atoms with Crippen LogP contribution in [0.1, 0.15) is 18.9 Å². The van der Waals surface area contributed by atoms with Gasteiger partial charge in [-0.25, -0.2) is 0 Å². The quantitative estimate of drug-likeness (QED) is 0.820. The fraction of sp³-hybridized carbons (Fsp3) is 0.462. The molecule has 4 heteroatoms. The van der Waals surface area contributed by atoms with Crippen LogP contribution in [0.2, 0.25) is 0 Å². The predicted molar refractivity (Wildman–Crippen MR) is 71.9 cm³/mol. The lowest BCUT2D eigenvalue weighted by molar-refractivity contribution is -0.130. The van der Waals surface area contributed by atoms with Crippen LogP contribution >= 0.6 is 15.9 Å². The highest BCUT2D eigenvalue weighted by Gasteiger charge is 2.09. The van der Waals surface area contributed by atoms with Crippen molar-refractivity contribution in [1.29, 1.82) is 0 Å². The van der Waals surface area contributed by atoms with Crippen LogP contribution in [0.5, 0.6) is 0 Å². The van der Waals surface area contributed by atoms with E-state index in [0.717, 1.165) is 17.3 Å². The molecule has 94 valence electrons. The second-order valence-electron chi connectivity index (χ2n) is 3.90. The number of hydrogen-bond donors (Lipinski definition) is 1. The number of benzene rings is 1. The normalized spacial score (nSPS) is 12.2. The Labute approximate surface area is 111 Å². The summed E-state index contributed by atoms with van der Waals surface area (Å²) < 4.78 is 6.01. The number of nitrogens with one attached hydrogen (secondary N) is 1. The molecule has 0 fully saturated rings. The van der Waals surface area contributed by atoms with Crippen molar-refractivity contribution >= 4 is 21.8 Å². The molecular weight excluding hydrogens is 282 g/mol. The van der Waals surface area contributed by atoms with Gasteiger partial charge < -0.3 is 10.1 Å². The van der Waals surface area contributed by atoms with Gasteiger partial charge in [0.1, 0.15) is 6.10 Å². The summed E-state index contributed by atoms with van der Waals surface area (Å²) in [7, 11) is 1.53. The van der Waals surface area contributed by atoms with E-state index >= 15 is 0 Å². The summed E-state index contributed by atoms with van der Waals surface area (Å²) in [5.41, 5.74) is 1.27. The minimum absolute atomic E-state index is 0.0539. The first-order chi connectivity index (χ1) is 8.13. The lowest BCUT2D eigenvalue weighted by Gasteiger charge is -2.10. The molecule has 1 N–H and O–H groups in total. The summed E-state index contributed by atoms with van der Waals surface area (Å²) in [5.74, 6) is -0.0539. The molecule has 0 saturated heterocycles. The Kier molecular flexibility index (Phi) is 6.22. The molecule has 0 aliphatic carbocycles. The highest BCUT2D eigenvalue weighted by atomic mass is 79.9.